The molecule has 16 nitrogen and oxygen atoms in total. The maximum Gasteiger partial charge on any atom is 0.490 e. The number of phenolic OH excluding ortho intramolecular Hbond substituents is 1. The summed E-state index contributed by atoms with van der Waals surface area (Å²) >= 11 is 0. The minimum absolute atomic E-state index is 0.127. The lowest BCUT2D eigenvalue weighted by molar-refractivity contribution is -0.192. The van der Waals surface area contributed by atoms with Gasteiger partial charge in [0.25, 0.3) is 5.91 Å². The SMILES string of the molecule is O=C(O)C(F)(F)F.O=C1CCN(c2cnn3cc(CCCN4CCO[C@@]5(CCN(c6ccc7cn(C8CCC(CNC(=O)c9cc(F)c(O)c(F)c9F)CC8)nc7c6)C5)C4)ccc23)C(=O)N1. The number of halogens is 6. The second kappa shape index (κ2) is 18.8. The number of alkyl halides is 3. The number of ether oxygens (including phenoxy) is 1. The Labute approximate surface area is 373 Å². The number of nitrogens with one attached hydrogen (secondary N) is 2. The number of fused-ring (bicyclic) bond motifs is 2. The summed E-state index contributed by atoms with van der Waals surface area (Å²) in [6.45, 7) is 5.70. The average molecular weight is 928 g/mol. The van der Waals surface area contributed by atoms with Gasteiger partial charge >= 0.3 is 18.2 Å². The van der Waals surface area contributed by atoms with E-state index in [1.165, 1.54) is 0 Å². The highest BCUT2D eigenvalue weighted by molar-refractivity contribution is 6.07. The topological polar surface area (TPSA) is 187 Å². The number of carboxylic acid groups (broad SMARTS) is 1. The van der Waals surface area contributed by atoms with Crippen molar-refractivity contribution in [2.24, 2.45) is 5.92 Å². The summed E-state index contributed by atoms with van der Waals surface area (Å²) in [5.74, 6) is -10.0. The summed E-state index contributed by atoms with van der Waals surface area (Å²) in [5.41, 5.74) is 3.72. The third-order valence-electron chi connectivity index (χ3n) is 12.7. The van der Waals surface area contributed by atoms with Crippen molar-refractivity contribution in [3.63, 3.8) is 0 Å². The van der Waals surface area contributed by atoms with Gasteiger partial charge in [0.1, 0.15) is 0 Å². The van der Waals surface area contributed by atoms with E-state index in [0.717, 1.165) is 105 Å². The first-order valence-corrected chi connectivity index (χ1v) is 21.6. The van der Waals surface area contributed by atoms with Gasteiger partial charge < -0.3 is 25.2 Å². The van der Waals surface area contributed by atoms with E-state index in [1.807, 2.05) is 16.9 Å². The molecule has 2 aromatic carbocycles. The zero-order valence-electron chi connectivity index (χ0n) is 35.5. The lowest BCUT2D eigenvalue weighted by atomic mass is 9.86. The fourth-order valence-corrected chi connectivity index (χ4v) is 9.20. The number of urea groups is 1. The van der Waals surface area contributed by atoms with Crippen LogP contribution in [-0.2, 0) is 20.7 Å². The number of rotatable bonds is 10. The molecule has 66 heavy (non-hydrogen) atoms. The lowest BCUT2D eigenvalue weighted by Crippen LogP contribution is -2.53. The number of aliphatic carboxylic acids is 1. The average Bonchev–Trinajstić information content (AvgIpc) is 4.03. The maximum absolute atomic E-state index is 14.2. The predicted molar refractivity (Wildman–Crippen MR) is 226 cm³/mol. The van der Waals surface area contributed by atoms with Crippen LogP contribution >= 0.6 is 0 Å². The molecule has 22 heteroatoms. The second-order valence-corrected chi connectivity index (χ2v) is 17.2. The first-order chi connectivity index (χ1) is 31.5. The maximum atomic E-state index is 14.2. The highest BCUT2D eigenvalue weighted by atomic mass is 19.4. The number of hydrogen-bond acceptors (Lipinski definition) is 10. The Hall–Kier alpha value is -6.42. The molecule has 4 fully saturated rings. The monoisotopic (exact) mass is 927 g/mol. The molecule has 5 aromatic rings. The van der Waals surface area contributed by atoms with Crippen LogP contribution in [0.15, 0.2) is 55.0 Å². The van der Waals surface area contributed by atoms with Gasteiger partial charge in [-0.3, -0.25) is 29.4 Å². The highest BCUT2D eigenvalue weighted by Crippen LogP contribution is 2.36. The fourth-order valence-electron chi connectivity index (χ4n) is 9.20. The summed E-state index contributed by atoms with van der Waals surface area (Å²) in [6, 6.07) is 10.8. The molecule has 1 aliphatic carbocycles. The van der Waals surface area contributed by atoms with Crippen molar-refractivity contribution in [3.05, 3.63) is 83.6 Å². The first-order valence-electron chi connectivity index (χ1n) is 21.6. The van der Waals surface area contributed by atoms with Crippen molar-refractivity contribution in [1.29, 1.82) is 0 Å². The van der Waals surface area contributed by atoms with Crippen LogP contribution in [0.1, 0.15) is 66.9 Å². The minimum Gasteiger partial charge on any atom is -0.503 e. The molecule has 1 spiro atoms. The number of nitrogens with zero attached hydrogens (tertiary/aromatic N) is 7. The Morgan fingerprint density at radius 1 is 0.970 bits per heavy atom. The van der Waals surface area contributed by atoms with Gasteiger partial charge in [-0.05, 0) is 93.3 Å². The van der Waals surface area contributed by atoms with Crippen LogP contribution in [0.4, 0.5) is 42.5 Å². The standard InChI is InChI=1S/C42H46F3N9O5.C2HF3O2/c43-32-19-31(37(44)38(45)39(32)56)40(57)46-20-26-3-7-29(8-4-26)53-23-28-6-9-30(18-33(28)49-53)51-15-12-42(25-51)24-50(16-17-59-42)13-1-2-27-5-10-34-35(21-47-54(34)22-27)52-14-11-36(55)48-41(52)58;3-2(4,5)1(6)7/h5-6,9-10,18-19,21-23,26,29,56H,1-4,7-8,11-17,20,24-25H2,(H,46,57)(H,48,55,58);(H,6,7)/t26?,29?,42-;/m0./s1. The van der Waals surface area contributed by atoms with Gasteiger partial charge in [-0.2, -0.15) is 27.8 Å². The van der Waals surface area contributed by atoms with Crippen LogP contribution < -0.4 is 20.4 Å². The molecule has 1 atom stereocenters. The number of aromatic nitrogens is 4. The second-order valence-electron chi connectivity index (χ2n) is 17.2. The number of carbonyl (C=O) groups excluding carboxylic acids is 3. The van der Waals surface area contributed by atoms with Crippen LogP contribution in [0.5, 0.6) is 5.75 Å². The minimum atomic E-state index is -5.08. The Kier molecular flexibility index (Phi) is 13.2. The van der Waals surface area contributed by atoms with E-state index in [9.17, 15) is 45.8 Å². The number of aryl methyl sites for hydroxylation is 1. The zero-order chi connectivity index (χ0) is 46.9. The zero-order valence-corrected chi connectivity index (χ0v) is 35.5. The summed E-state index contributed by atoms with van der Waals surface area (Å²) in [5, 5.41) is 31.9. The third kappa shape index (κ3) is 10.0. The number of hydrogen-bond donors (Lipinski definition) is 4. The van der Waals surface area contributed by atoms with Crippen molar-refractivity contribution in [2.75, 3.05) is 62.2 Å². The summed E-state index contributed by atoms with van der Waals surface area (Å²) < 4.78 is 83.7. The van der Waals surface area contributed by atoms with Crippen molar-refractivity contribution < 1.29 is 60.5 Å². The summed E-state index contributed by atoms with van der Waals surface area (Å²) in [6.07, 6.45) is 7.05. The quantitative estimate of drug-likeness (QED) is 0.0957. The Morgan fingerprint density at radius 2 is 1.74 bits per heavy atom. The van der Waals surface area contributed by atoms with Gasteiger partial charge in [-0.25, -0.2) is 22.9 Å². The molecule has 4 amide bonds. The molecule has 1 saturated carbocycles. The molecular formula is C44H47F6N9O7. The van der Waals surface area contributed by atoms with E-state index in [4.69, 9.17) is 19.7 Å². The Morgan fingerprint density at radius 3 is 2.48 bits per heavy atom. The molecule has 4 N–H and O–H groups in total. The molecule has 4 aliphatic rings. The molecule has 9 rings (SSSR count). The number of carbonyl (C=O) groups is 4. The van der Waals surface area contributed by atoms with Gasteiger partial charge in [0.05, 0.1) is 46.7 Å². The fraction of sp³-hybridized carbons (Fsp3) is 0.455. The Bertz CT molecular complexity index is 2650. The van der Waals surface area contributed by atoms with Crippen LogP contribution in [0.2, 0.25) is 0 Å². The van der Waals surface area contributed by atoms with Gasteiger partial charge in [-0.15, -0.1) is 0 Å². The highest BCUT2D eigenvalue weighted by Gasteiger charge is 2.43. The number of carboxylic acids is 1. The van der Waals surface area contributed by atoms with Crippen molar-refractivity contribution >= 4 is 51.6 Å². The molecule has 0 bridgehead atoms. The van der Waals surface area contributed by atoms with Gasteiger partial charge in [0.15, 0.2) is 17.4 Å². The number of morpholine rings is 1. The molecular weight excluding hydrogens is 881 g/mol. The van der Waals surface area contributed by atoms with E-state index in [2.05, 4.69) is 56.0 Å². The molecule has 0 radical (unpaired) electrons. The first kappa shape index (κ1) is 46.1. The van der Waals surface area contributed by atoms with E-state index < -0.39 is 52.8 Å². The number of pyridine rings is 1. The van der Waals surface area contributed by atoms with Crippen molar-refractivity contribution in [1.82, 2.24) is 34.9 Å². The number of imide groups is 1. The van der Waals surface area contributed by atoms with Gasteiger partial charge in [0, 0.05) is 69.2 Å². The van der Waals surface area contributed by atoms with E-state index in [0.29, 0.717) is 24.9 Å². The van der Waals surface area contributed by atoms with E-state index >= 15 is 0 Å². The number of phenols is 1. The van der Waals surface area contributed by atoms with E-state index in [-0.39, 0.29) is 36.4 Å². The smallest absolute Gasteiger partial charge is 0.490 e. The summed E-state index contributed by atoms with van der Waals surface area (Å²) in [7, 11) is 0. The Balaban J connectivity index is 0.000000785. The van der Waals surface area contributed by atoms with Crippen LogP contribution in [0, 0.1) is 23.4 Å². The van der Waals surface area contributed by atoms with Gasteiger partial charge in [0.2, 0.25) is 11.7 Å². The van der Waals surface area contributed by atoms with Crippen molar-refractivity contribution in [3.8, 4) is 5.75 Å². The molecule has 3 saturated heterocycles. The normalized spacial score (nSPS) is 21.6. The predicted octanol–water partition coefficient (Wildman–Crippen LogP) is 5.96. The van der Waals surface area contributed by atoms with Crippen LogP contribution in [0.25, 0.3) is 16.4 Å². The van der Waals surface area contributed by atoms with Crippen LogP contribution in [0.3, 0.4) is 0 Å². The number of anilines is 2. The summed E-state index contributed by atoms with van der Waals surface area (Å²) in [4.78, 5) is 51.8. The third-order valence-corrected chi connectivity index (χ3v) is 12.7. The number of aromatic hydroxyl groups is 1. The largest absolute Gasteiger partial charge is 0.503 e. The van der Waals surface area contributed by atoms with E-state index in [1.54, 1.807) is 15.6 Å². The molecule has 3 aromatic heterocycles. The van der Waals surface area contributed by atoms with Gasteiger partial charge in [-0.1, -0.05) is 6.07 Å². The molecule has 352 valence electrons. The van der Waals surface area contributed by atoms with Crippen molar-refractivity contribution in [2.45, 2.75) is 69.2 Å². The molecule has 6 heterocycles. The molecule has 3 aliphatic heterocycles. The number of benzene rings is 2. The number of amides is 4. The lowest BCUT2D eigenvalue weighted by Gasteiger charge is -2.40. The van der Waals surface area contributed by atoms with Crippen LogP contribution in [-0.4, -0.2) is 123 Å². The molecule has 0 unspecified atom stereocenters.